The molecule has 1 heterocycles. The molecule has 0 radical (unpaired) electrons. The Hall–Kier alpha value is -1.65. The maximum atomic E-state index is 12.7. The molecule has 3 amide bonds. The van der Waals surface area contributed by atoms with Crippen LogP contribution in [0.5, 0.6) is 0 Å². The number of hydrogen-bond donors (Lipinski definition) is 1. The lowest BCUT2D eigenvalue weighted by molar-refractivity contribution is -0.148. The zero-order chi connectivity index (χ0) is 17.1. The predicted octanol–water partition coefficient (Wildman–Crippen LogP) is 2.12. The summed E-state index contributed by atoms with van der Waals surface area (Å²) in [5, 5.41) is 2.89. The molecule has 0 aromatic heterocycles. The van der Waals surface area contributed by atoms with Crippen molar-refractivity contribution in [1.29, 1.82) is 0 Å². The zero-order valence-corrected chi connectivity index (χ0v) is 14.5. The second kappa shape index (κ2) is 7.28. The van der Waals surface area contributed by atoms with E-state index in [-0.39, 0.29) is 35.5 Å². The SMILES string of the molecule is CC(C)CNC(=O)C(CC(C)C)N1C(=O)C2CC=CCC2C1=O. The van der Waals surface area contributed by atoms with Crippen molar-refractivity contribution in [2.24, 2.45) is 23.7 Å². The van der Waals surface area contributed by atoms with Gasteiger partial charge in [-0.1, -0.05) is 39.8 Å². The number of nitrogens with zero attached hydrogens (tertiary/aromatic N) is 1. The molecule has 0 aromatic rings. The van der Waals surface area contributed by atoms with Gasteiger partial charge in [-0.15, -0.1) is 0 Å². The smallest absolute Gasteiger partial charge is 0.243 e. The summed E-state index contributed by atoms with van der Waals surface area (Å²) in [5.41, 5.74) is 0. The number of carbonyl (C=O) groups excluding carboxylic acids is 3. The maximum absolute atomic E-state index is 12.7. The van der Waals surface area contributed by atoms with E-state index in [4.69, 9.17) is 0 Å². The number of carbonyl (C=O) groups is 3. The van der Waals surface area contributed by atoms with Crippen molar-refractivity contribution in [2.75, 3.05) is 6.54 Å². The number of likely N-dealkylation sites (tertiary alicyclic amines) is 1. The van der Waals surface area contributed by atoms with Gasteiger partial charge in [0.2, 0.25) is 17.7 Å². The predicted molar refractivity (Wildman–Crippen MR) is 88.3 cm³/mol. The third-order valence-corrected chi connectivity index (χ3v) is 4.54. The van der Waals surface area contributed by atoms with E-state index in [1.165, 1.54) is 4.90 Å². The lowest BCUT2D eigenvalue weighted by Crippen LogP contribution is -2.51. The number of rotatable bonds is 6. The highest BCUT2D eigenvalue weighted by molar-refractivity contribution is 6.08. The van der Waals surface area contributed by atoms with E-state index in [2.05, 4.69) is 5.32 Å². The minimum atomic E-state index is -0.681. The Morgan fingerprint density at radius 2 is 1.61 bits per heavy atom. The first-order valence-electron chi connectivity index (χ1n) is 8.62. The van der Waals surface area contributed by atoms with E-state index in [0.29, 0.717) is 31.7 Å². The highest BCUT2D eigenvalue weighted by Crippen LogP contribution is 2.37. The average Bonchev–Trinajstić information content (AvgIpc) is 2.74. The van der Waals surface area contributed by atoms with Gasteiger partial charge in [-0.25, -0.2) is 0 Å². The van der Waals surface area contributed by atoms with Crippen molar-refractivity contribution < 1.29 is 14.4 Å². The molecule has 128 valence electrons. The van der Waals surface area contributed by atoms with Gasteiger partial charge in [-0.3, -0.25) is 19.3 Å². The van der Waals surface area contributed by atoms with Gasteiger partial charge in [0.1, 0.15) is 6.04 Å². The Morgan fingerprint density at radius 1 is 1.09 bits per heavy atom. The number of fused-ring (bicyclic) bond motifs is 1. The molecule has 1 fully saturated rings. The molecule has 0 saturated carbocycles. The summed E-state index contributed by atoms with van der Waals surface area (Å²) in [4.78, 5) is 39.3. The topological polar surface area (TPSA) is 66.5 Å². The summed E-state index contributed by atoms with van der Waals surface area (Å²) in [7, 11) is 0. The molecule has 2 aliphatic rings. The van der Waals surface area contributed by atoms with Crippen LogP contribution in [0, 0.1) is 23.7 Å². The van der Waals surface area contributed by atoms with Crippen LogP contribution in [0.2, 0.25) is 0 Å². The van der Waals surface area contributed by atoms with E-state index in [1.54, 1.807) is 0 Å². The van der Waals surface area contributed by atoms with Crippen molar-refractivity contribution in [1.82, 2.24) is 10.2 Å². The number of hydrogen-bond acceptors (Lipinski definition) is 3. The number of nitrogens with one attached hydrogen (secondary N) is 1. The first-order chi connectivity index (χ1) is 10.8. The molecule has 23 heavy (non-hydrogen) atoms. The fourth-order valence-electron chi connectivity index (χ4n) is 3.33. The molecule has 5 heteroatoms. The van der Waals surface area contributed by atoms with E-state index in [9.17, 15) is 14.4 Å². The van der Waals surface area contributed by atoms with Crippen molar-refractivity contribution in [3.63, 3.8) is 0 Å². The number of imide groups is 1. The molecule has 1 aliphatic heterocycles. The standard InChI is InChI=1S/C18H28N2O3/c1-11(2)9-15(16(21)19-10-12(3)4)20-17(22)13-7-5-6-8-14(13)18(20)23/h5-6,11-15H,7-10H2,1-4H3,(H,19,21). The Balaban J connectivity index is 2.19. The van der Waals surface area contributed by atoms with E-state index < -0.39 is 6.04 Å². The molecule has 3 unspecified atom stereocenters. The average molecular weight is 320 g/mol. The summed E-state index contributed by atoms with van der Waals surface area (Å²) < 4.78 is 0. The lowest BCUT2D eigenvalue weighted by Gasteiger charge is -2.27. The van der Waals surface area contributed by atoms with E-state index >= 15 is 0 Å². The Kier molecular flexibility index (Phi) is 5.60. The monoisotopic (exact) mass is 320 g/mol. The minimum absolute atomic E-state index is 0.172. The van der Waals surface area contributed by atoms with Crippen LogP contribution in [0.15, 0.2) is 12.2 Å². The van der Waals surface area contributed by atoms with Gasteiger partial charge in [0.25, 0.3) is 0 Å². The van der Waals surface area contributed by atoms with Crippen molar-refractivity contribution >= 4 is 17.7 Å². The molecule has 1 saturated heterocycles. The summed E-state index contributed by atoms with van der Waals surface area (Å²) in [6.45, 7) is 8.59. The quantitative estimate of drug-likeness (QED) is 0.602. The van der Waals surface area contributed by atoms with Crippen LogP contribution in [0.25, 0.3) is 0 Å². The molecule has 1 aliphatic carbocycles. The van der Waals surface area contributed by atoms with Crippen LogP contribution < -0.4 is 5.32 Å². The fourth-order valence-corrected chi connectivity index (χ4v) is 3.33. The summed E-state index contributed by atoms with van der Waals surface area (Å²) in [6, 6.07) is -0.681. The lowest BCUT2D eigenvalue weighted by atomic mass is 9.85. The van der Waals surface area contributed by atoms with Gasteiger partial charge in [0.15, 0.2) is 0 Å². The molecular weight excluding hydrogens is 292 g/mol. The maximum Gasteiger partial charge on any atom is 0.243 e. The van der Waals surface area contributed by atoms with Crippen LogP contribution in [0.1, 0.15) is 47.0 Å². The van der Waals surface area contributed by atoms with Crippen molar-refractivity contribution in [2.45, 2.75) is 53.0 Å². The van der Waals surface area contributed by atoms with Gasteiger partial charge < -0.3 is 5.32 Å². The van der Waals surface area contributed by atoms with Crippen LogP contribution in [0.4, 0.5) is 0 Å². The summed E-state index contributed by atoms with van der Waals surface area (Å²) >= 11 is 0. The van der Waals surface area contributed by atoms with Gasteiger partial charge in [0, 0.05) is 6.54 Å². The molecule has 0 aromatic carbocycles. The summed E-state index contributed by atoms with van der Waals surface area (Å²) in [5.74, 6) is -0.549. The highest BCUT2D eigenvalue weighted by atomic mass is 16.2. The van der Waals surface area contributed by atoms with Gasteiger partial charge in [0.05, 0.1) is 11.8 Å². The first-order valence-corrected chi connectivity index (χ1v) is 8.62. The second-order valence-electron chi connectivity index (χ2n) is 7.49. The van der Waals surface area contributed by atoms with Crippen molar-refractivity contribution in [3.8, 4) is 0 Å². The second-order valence-corrected chi connectivity index (χ2v) is 7.49. The molecule has 0 bridgehead atoms. The zero-order valence-electron chi connectivity index (χ0n) is 14.5. The molecule has 5 nitrogen and oxygen atoms in total. The van der Waals surface area contributed by atoms with Crippen LogP contribution in [-0.2, 0) is 14.4 Å². The Bertz CT molecular complexity index is 484. The minimum Gasteiger partial charge on any atom is -0.354 e. The van der Waals surface area contributed by atoms with E-state index in [0.717, 1.165) is 0 Å². The van der Waals surface area contributed by atoms with Crippen molar-refractivity contribution in [3.05, 3.63) is 12.2 Å². The van der Waals surface area contributed by atoms with Gasteiger partial charge >= 0.3 is 0 Å². The molecule has 3 atom stereocenters. The van der Waals surface area contributed by atoms with Crippen LogP contribution in [0.3, 0.4) is 0 Å². The first kappa shape index (κ1) is 17.7. The molecule has 2 rings (SSSR count). The molecular formula is C18H28N2O3. The van der Waals surface area contributed by atoms with E-state index in [1.807, 2.05) is 39.8 Å². The number of allylic oxidation sites excluding steroid dienone is 2. The molecule has 1 N–H and O–H groups in total. The normalized spacial score (nSPS) is 25.2. The Morgan fingerprint density at radius 3 is 2.04 bits per heavy atom. The third-order valence-electron chi connectivity index (χ3n) is 4.54. The highest BCUT2D eigenvalue weighted by Gasteiger charge is 2.51. The van der Waals surface area contributed by atoms with Crippen LogP contribution in [-0.4, -0.2) is 35.2 Å². The summed E-state index contributed by atoms with van der Waals surface area (Å²) in [6.07, 6.45) is 5.65. The Labute approximate surface area is 138 Å². The largest absolute Gasteiger partial charge is 0.354 e. The number of amides is 3. The molecule has 0 spiro atoms. The fraction of sp³-hybridized carbons (Fsp3) is 0.722. The van der Waals surface area contributed by atoms with Gasteiger partial charge in [-0.05, 0) is 31.1 Å². The third kappa shape index (κ3) is 3.82. The van der Waals surface area contributed by atoms with Gasteiger partial charge in [-0.2, -0.15) is 0 Å². The van der Waals surface area contributed by atoms with Crippen LogP contribution >= 0.6 is 0 Å².